The van der Waals surface area contributed by atoms with Crippen LogP contribution in [0.25, 0.3) is 0 Å². The first-order chi connectivity index (χ1) is 8.54. The smallest absolute Gasteiger partial charge is 0.107 e. The van der Waals surface area contributed by atoms with E-state index >= 15 is 0 Å². The quantitative estimate of drug-likeness (QED) is 0.903. The Bertz CT molecular complexity index is 395. The highest BCUT2D eigenvalue weighted by atomic mass is 79.9. The van der Waals surface area contributed by atoms with E-state index in [1.54, 1.807) is 11.3 Å². The zero-order chi connectivity index (χ0) is 13.3. The zero-order valence-electron chi connectivity index (χ0n) is 10.5. The van der Waals surface area contributed by atoms with Gasteiger partial charge in [-0.3, -0.25) is 4.90 Å². The molecule has 18 heavy (non-hydrogen) atoms. The van der Waals surface area contributed by atoms with E-state index in [2.05, 4.69) is 40.9 Å². The highest BCUT2D eigenvalue weighted by Gasteiger charge is 2.32. The van der Waals surface area contributed by atoms with Crippen LogP contribution in [0.4, 0.5) is 0 Å². The van der Waals surface area contributed by atoms with Crippen LogP contribution in [0.1, 0.15) is 24.3 Å². The molecule has 2 N–H and O–H groups in total. The van der Waals surface area contributed by atoms with Crippen LogP contribution in [-0.2, 0) is 4.74 Å². The van der Waals surface area contributed by atoms with Crippen molar-refractivity contribution in [2.75, 3.05) is 20.2 Å². The van der Waals surface area contributed by atoms with E-state index in [0.29, 0.717) is 12.6 Å². The summed E-state index contributed by atoms with van der Waals surface area (Å²) in [6, 6.07) is 2.70. The molecule has 0 amide bonds. The molecular formula is C12H18BrClN2OS. The summed E-state index contributed by atoms with van der Waals surface area (Å²) < 4.78 is 7.37. The molecule has 0 spiro atoms. The van der Waals surface area contributed by atoms with Gasteiger partial charge in [0.25, 0.3) is 0 Å². The molecule has 6 heteroatoms. The Hall–Kier alpha value is 0.350. The van der Waals surface area contributed by atoms with Crippen LogP contribution in [0.5, 0.6) is 0 Å². The van der Waals surface area contributed by atoms with E-state index in [4.69, 9.17) is 22.1 Å². The van der Waals surface area contributed by atoms with Gasteiger partial charge < -0.3 is 10.5 Å². The largest absolute Gasteiger partial charge is 0.377 e. The van der Waals surface area contributed by atoms with Crippen LogP contribution in [-0.4, -0.2) is 37.2 Å². The molecule has 2 rings (SSSR count). The van der Waals surface area contributed by atoms with Gasteiger partial charge in [-0.05, 0) is 42.4 Å². The summed E-state index contributed by atoms with van der Waals surface area (Å²) >= 11 is 11.2. The number of thiophene rings is 1. The summed E-state index contributed by atoms with van der Waals surface area (Å²) in [5.41, 5.74) is 5.94. The Kier molecular flexibility index (Phi) is 5.08. The molecule has 3 atom stereocenters. The molecule has 1 fully saturated rings. The number of nitrogens with two attached hydrogens (primary N) is 1. The Balaban J connectivity index is 2.17. The van der Waals surface area contributed by atoms with Gasteiger partial charge >= 0.3 is 0 Å². The molecule has 0 aromatic carbocycles. The van der Waals surface area contributed by atoms with Gasteiger partial charge in [0, 0.05) is 28.5 Å². The van der Waals surface area contributed by atoms with Crippen molar-refractivity contribution in [2.45, 2.75) is 31.5 Å². The number of hydrogen-bond acceptors (Lipinski definition) is 4. The lowest BCUT2D eigenvalue weighted by Gasteiger charge is -2.33. The van der Waals surface area contributed by atoms with Crippen LogP contribution >= 0.6 is 38.9 Å². The van der Waals surface area contributed by atoms with E-state index in [0.717, 1.165) is 21.8 Å². The van der Waals surface area contributed by atoms with Gasteiger partial charge in [-0.15, -0.1) is 11.3 Å². The van der Waals surface area contributed by atoms with Gasteiger partial charge in [0.05, 0.1) is 12.1 Å². The average molecular weight is 354 g/mol. The fourth-order valence-electron chi connectivity index (χ4n) is 2.50. The summed E-state index contributed by atoms with van der Waals surface area (Å²) in [7, 11) is 2.12. The Morgan fingerprint density at radius 3 is 2.89 bits per heavy atom. The van der Waals surface area contributed by atoms with Crippen LogP contribution in [0, 0.1) is 0 Å². The van der Waals surface area contributed by atoms with Gasteiger partial charge in [-0.25, -0.2) is 0 Å². The van der Waals surface area contributed by atoms with E-state index in [1.807, 2.05) is 0 Å². The maximum absolute atomic E-state index is 6.11. The summed E-state index contributed by atoms with van der Waals surface area (Å²) in [5, 5.41) is 0. The lowest BCUT2D eigenvalue weighted by Crippen LogP contribution is -2.41. The molecule has 1 saturated heterocycles. The van der Waals surface area contributed by atoms with Crippen LogP contribution in [0.15, 0.2) is 10.5 Å². The number of hydrogen-bond donors (Lipinski definition) is 1. The van der Waals surface area contributed by atoms with Crippen molar-refractivity contribution in [2.24, 2.45) is 5.73 Å². The molecule has 1 aliphatic heterocycles. The molecule has 0 bridgehead atoms. The molecule has 1 aromatic heterocycles. The molecule has 1 aromatic rings. The molecule has 1 aliphatic rings. The van der Waals surface area contributed by atoms with Crippen molar-refractivity contribution in [3.8, 4) is 0 Å². The number of nitrogens with zero attached hydrogens (tertiary/aromatic N) is 1. The second-order valence-corrected chi connectivity index (χ2v) is 7.16. The third-order valence-corrected chi connectivity index (χ3v) is 6.14. The zero-order valence-corrected chi connectivity index (χ0v) is 13.7. The van der Waals surface area contributed by atoms with Crippen LogP contribution < -0.4 is 5.73 Å². The molecule has 3 unspecified atom stereocenters. The Labute approximate surface area is 125 Å². The van der Waals surface area contributed by atoms with Crippen LogP contribution in [0.2, 0.25) is 4.34 Å². The number of halogens is 2. The fourth-order valence-corrected chi connectivity index (χ4v) is 4.40. The van der Waals surface area contributed by atoms with Crippen molar-refractivity contribution in [1.29, 1.82) is 0 Å². The summed E-state index contributed by atoms with van der Waals surface area (Å²) in [5.74, 6) is 0. The molecule has 0 radical (unpaired) electrons. The van der Waals surface area contributed by atoms with Crippen molar-refractivity contribution < 1.29 is 4.74 Å². The second-order valence-electron chi connectivity index (χ2n) is 4.62. The van der Waals surface area contributed by atoms with Gasteiger partial charge in [0.15, 0.2) is 0 Å². The van der Waals surface area contributed by atoms with E-state index in [9.17, 15) is 0 Å². The monoisotopic (exact) mass is 352 g/mol. The Morgan fingerprint density at radius 1 is 1.72 bits per heavy atom. The molecule has 2 heterocycles. The summed E-state index contributed by atoms with van der Waals surface area (Å²) in [6.07, 6.45) is 1.33. The maximum atomic E-state index is 6.11. The van der Waals surface area contributed by atoms with E-state index < -0.39 is 0 Å². The lowest BCUT2D eigenvalue weighted by atomic mass is 10.1. The summed E-state index contributed by atoms with van der Waals surface area (Å²) in [6.45, 7) is 3.55. The first-order valence-electron chi connectivity index (χ1n) is 6.03. The van der Waals surface area contributed by atoms with Crippen molar-refractivity contribution >= 4 is 38.9 Å². The van der Waals surface area contributed by atoms with Gasteiger partial charge in [0.1, 0.15) is 4.34 Å². The first-order valence-corrected chi connectivity index (χ1v) is 8.01. The minimum absolute atomic E-state index is 0.202. The highest BCUT2D eigenvalue weighted by molar-refractivity contribution is 9.10. The van der Waals surface area contributed by atoms with Gasteiger partial charge in [0.2, 0.25) is 0 Å². The van der Waals surface area contributed by atoms with Gasteiger partial charge in [-0.1, -0.05) is 11.6 Å². The molecule has 102 valence electrons. The first kappa shape index (κ1) is 14.8. The molecular weight excluding hydrogens is 336 g/mol. The minimum atomic E-state index is 0.202. The summed E-state index contributed by atoms with van der Waals surface area (Å²) in [4.78, 5) is 3.53. The predicted molar refractivity (Wildman–Crippen MR) is 80.4 cm³/mol. The predicted octanol–water partition coefficient (Wildman–Crippen LogP) is 3.27. The van der Waals surface area contributed by atoms with Gasteiger partial charge in [-0.2, -0.15) is 0 Å². The molecule has 0 aliphatic carbocycles. The molecule has 0 saturated carbocycles. The maximum Gasteiger partial charge on any atom is 0.107 e. The van der Waals surface area contributed by atoms with Crippen molar-refractivity contribution in [3.63, 3.8) is 0 Å². The van der Waals surface area contributed by atoms with E-state index in [1.165, 1.54) is 4.88 Å². The normalized spacial score (nSPS) is 25.9. The number of rotatable bonds is 4. The third kappa shape index (κ3) is 2.92. The Morgan fingerprint density at radius 2 is 2.44 bits per heavy atom. The van der Waals surface area contributed by atoms with Crippen molar-refractivity contribution in [3.05, 3.63) is 19.8 Å². The third-order valence-electron chi connectivity index (χ3n) is 3.57. The van der Waals surface area contributed by atoms with Crippen molar-refractivity contribution in [1.82, 2.24) is 4.90 Å². The minimum Gasteiger partial charge on any atom is -0.377 e. The SMILES string of the molecule is CC1OCCC1N(C)C(CN)c1cc(Br)c(Cl)s1. The number of ether oxygens (including phenoxy) is 1. The highest BCUT2D eigenvalue weighted by Crippen LogP contribution is 2.38. The van der Waals surface area contributed by atoms with Crippen LogP contribution in [0.3, 0.4) is 0 Å². The topological polar surface area (TPSA) is 38.5 Å². The standard InChI is InChI=1S/C12H18BrClN2OS/c1-7-9(3-4-17-7)16(2)10(6-15)11-5-8(13)12(14)18-11/h5,7,9-10H,3-4,6,15H2,1-2H3. The molecule has 3 nitrogen and oxygen atoms in total. The average Bonchev–Trinajstić information content (AvgIpc) is 2.87. The second kappa shape index (κ2) is 6.20. The lowest BCUT2D eigenvalue weighted by molar-refractivity contribution is 0.0692. The van der Waals surface area contributed by atoms with E-state index in [-0.39, 0.29) is 12.1 Å². The fraction of sp³-hybridized carbons (Fsp3) is 0.667. The number of likely N-dealkylation sites (N-methyl/N-ethyl adjacent to an activating group) is 1.